The van der Waals surface area contributed by atoms with E-state index in [9.17, 15) is 0 Å². The second kappa shape index (κ2) is 29.7. The van der Waals surface area contributed by atoms with Gasteiger partial charge in [0.2, 0.25) is 0 Å². The third kappa shape index (κ3) is 18.5. The molecule has 8 rings (SSSR count). The summed E-state index contributed by atoms with van der Waals surface area (Å²) in [6, 6.07) is 13.6. The van der Waals surface area contributed by atoms with E-state index in [4.69, 9.17) is 36.7 Å². The van der Waals surface area contributed by atoms with E-state index in [2.05, 4.69) is 157 Å². The van der Waals surface area contributed by atoms with Crippen molar-refractivity contribution in [1.82, 2.24) is 0 Å². The molecule has 6 aliphatic heterocycles. The van der Waals surface area contributed by atoms with Crippen molar-refractivity contribution in [2.75, 3.05) is 62.7 Å². The van der Waals surface area contributed by atoms with Gasteiger partial charge in [0.05, 0.1) is 0 Å². The van der Waals surface area contributed by atoms with Crippen LogP contribution in [0.5, 0.6) is 0 Å². The maximum atomic E-state index is 4.97. The molecule has 2 aromatic rings. The summed E-state index contributed by atoms with van der Waals surface area (Å²) in [6.45, 7) is 44.9. The number of para-hydroxylation sites is 2. The van der Waals surface area contributed by atoms with Crippen LogP contribution in [0.1, 0.15) is 221 Å². The molecule has 6 aliphatic rings. The molecular formula is C56H94Li2N2O4P2. The van der Waals surface area contributed by atoms with Crippen molar-refractivity contribution in [1.29, 1.82) is 0 Å². The van der Waals surface area contributed by atoms with Gasteiger partial charge in [-0.1, -0.05) is 119 Å². The first-order valence-electron chi connectivity index (χ1n) is 25.3. The Morgan fingerprint density at radius 3 is 0.712 bits per heavy atom. The predicted molar refractivity (Wildman–Crippen MR) is 283 cm³/mol. The number of hydrogen-bond acceptors (Lipinski definition) is 4. The molecule has 0 aromatic heterocycles. The summed E-state index contributed by atoms with van der Waals surface area (Å²) in [5, 5.41) is 0. The summed E-state index contributed by atoms with van der Waals surface area (Å²) < 4.78 is 19.8. The Morgan fingerprint density at radius 1 is 0.394 bits per heavy atom. The van der Waals surface area contributed by atoms with Crippen molar-refractivity contribution in [2.45, 2.75) is 210 Å². The molecule has 6 saturated heterocycles. The maximum absolute atomic E-state index is 4.97. The van der Waals surface area contributed by atoms with E-state index in [0.29, 0.717) is 23.7 Å². The minimum absolute atomic E-state index is 0. The molecule has 10 heteroatoms. The van der Waals surface area contributed by atoms with Gasteiger partial charge in [0, 0.05) is 75.3 Å². The predicted octanol–water partition coefficient (Wildman–Crippen LogP) is 10.2. The van der Waals surface area contributed by atoms with E-state index < -0.39 is 0 Å². The van der Waals surface area contributed by atoms with Gasteiger partial charge < -0.3 is 46.5 Å². The number of anilines is 2. The summed E-state index contributed by atoms with van der Waals surface area (Å²) in [5.41, 5.74) is 11.4. The van der Waals surface area contributed by atoms with E-state index in [-0.39, 0.29) is 59.6 Å². The van der Waals surface area contributed by atoms with Crippen LogP contribution in [0.15, 0.2) is 36.4 Å². The van der Waals surface area contributed by atoms with E-state index in [1.165, 1.54) is 95.8 Å². The fourth-order valence-electron chi connectivity index (χ4n) is 10.1. The summed E-state index contributed by atoms with van der Waals surface area (Å²) in [6.07, 6.45) is 12.5. The third-order valence-corrected chi connectivity index (χ3v) is 14.6. The van der Waals surface area contributed by atoms with Crippen LogP contribution in [0, 0.1) is 10.8 Å². The average Bonchev–Trinajstić information content (AvgIpc) is 4.07. The molecule has 2 aromatic carbocycles. The molecule has 364 valence electrons. The van der Waals surface area contributed by atoms with Crippen LogP contribution in [0.25, 0.3) is 0 Å². The van der Waals surface area contributed by atoms with E-state index >= 15 is 0 Å². The van der Waals surface area contributed by atoms with Crippen LogP contribution in [-0.4, -0.2) is 74.8 Å². The van der Waals surface area contributed by atoms with Crippen molar-refractivity contribution in [3.05, 3.63) is 58.7 Å². The van der Waals surface area contributed by atoms with Gasteiger partial charge in [-0.05, 0) is 149 Å². The Hall–Kier alpha value is -0.585. The Kier molecular flexibility index (Phi) is 28.5. The van der Waals surface area contributed by atoms with Crippen LogP contribution >= 0.6 is 17.7 Å². The van der Waals surface area contributed by atoms with Gasteiger partial charge in [0.15, 0.2) is 0 Å². The number of ether oxygens (including phenoxy) is 4. The van der Waals surface area contributed by atoms with Gasteiger partial charge in [-0.2, -0.15) is 10.8 Å². The summed E-state index contributed by atoms with van der Waals surface area (Å²) in [5.74, 6) is 2.03. The number of hydrogen-bond donors (Lipinski definition) is 0. The van der Waals surface area contributed by atoms with Gasteiger partial charge in [0.25, 0.3) is 0 Å². The topological polar surface area (TPSA) is 43.4 Å². The van der Waals surface area contributed by atoms with Gasteiger partial charge in [-0.15, -0.1) is 0 Å². The quantitative estimate of drug-likeness (QED) is 0.212. The van der Waals surface area contributed by atoms with Gasteiger partial charge in [-0.25, -0.2) is 0 Å². The molecule has 66 heavy (non-hydrogen) atoms. The van der Waals surface area contributed by atoms with Crippen LogP contribution in [0.3, 0.4) is 0 Å². The zero-order valence-electron chi connectivity index (χ0n) is 45.9. The molecule has 0 amide bonds. The number of benzene rings is 2. The average molecular weight is 935 g/mol. The van der Waals surface area contributed by atoms with Gasteiger partial charge >= 0.3 is 37.7 Å². The number of nitrogens with zero attached hydrogens (tertiary/aromatic N) is 2. The zero-order chi connectivity index (χ0) is 47.9. The zero-order valence-corrected chi connectivity index (χ0v) is 47.7. The van der Waals surface area contributed by atoms with Crippen LogP contribution in [0.4, 0.5) is 11.4 Å². The van der Waals surface area contributed by atoms with Crippen LogP contribution in [0.2, 0.25) is 0 Å². The molecule has 0 atom stereocenters. The molecule has 6 fully saturated rings. The molecule has 0 aliphatic carbocycles. The second-order valence-electron chi connectivity index (χ2n) is 22.5. The van der Waals surface area contributed by atoms with Gasteiger partial charge in [0.1, 0.15) is 0 Å². The molecule has 0 bridgehead atoms. The van der Waals surface area contributed by atoms with E-state index in [1.54, 1.807) is 0 Å². The van der Waals surface area contributed by atoms with Crippen LogP contribution < -0.4 is 47.5 Å². The minimum Gasteiger partial charge on any atom is -0.707 e. The van der Waals surface area contributed by atoms with E-state index in [1.807, 2.05) is 0 Å². The van der Waals surface area contributed by atoms with Crippen LogP contribution in [-0.2, 0) is 18.9 Å². The Bertz CT molecular complexity index is 1500. The first-order valence-corrected chi connectivity index (χ1v) is 26.2. The minimum atomic E-state index is 0. The van der Waals surface area contributed by atoms with Crippen molar-refractivity contribution in [2.24, 2.45) is 10.8 Å². The Labute approximate surface area is 435 Å². The normalized spacial score (nSPS) is 20.8. The SMILES string of the molecule is C1CCOC1.C1CCOC1.C1CCOC1.C1CCOC1.CC(C)c1cccc(C(C)C)c1N1C(=[P-])C(C)(C)CC1(C)C.CC(C)c1cccc(C(C)C)c1N1C(=[P-])C(C)(C)CC1(C)C.[Li+].[Li+]. The van der Waals surface area contributed by atoms with Crippen molar-refractivity contribution in [3.8, 4) is 0 Å². The number of rotatable bonds is 6. The molecule has 0 saturated carbocycles. The fourth-order valence-corrected chi connectivity index (χ4v) is 11.0. The monoisotopic (exact) mass is 935 g/mol. The summed E-state index contributed by atoms with van der Waals surface area (Å²) in [7, 11) is 9.93. The molecule has 0 unspecified atom stereocenters. The molecular weight excluding hydrogens is 840 g/mol. The largest absolute Gasteiger partial charge is 1.00 e. The van der Waals surface area contributed by atoms with E-state index in [0.717, 1.165) is 65.7 Å². The van der Waals surface area contributed by atoms with Gasteiger partial charge in [-0.3, -0.25) is 0 Å². The summed E-state index contributed by atoms with van der Waals surface area (Å²) in [4.78, 5) is 5.03. The maximum Gasteiger partial charge on any atom is 1.00 e. The first-order chi connectivity index (χ1) is 30.0. The van der Waals surface area contributed by atoms with Crippen molar-refractivity contribution < 1.29 is 56.7 Å². The molecule has 0 N–H and O–H groups in total. The molecule has 0 spiro atoms. The first kappa shape index (κ1) is 63.4. The van der Waals surface area contributed by atoms with Crippen molar-refractivity contribution in [3.63, 3.8) is 0 Å². The standard InChI is InChI=1S/2C20H31NP.4C4H8O.2Li/c2*1-13(2)15-10-9-11-16(14(3)4)17(15)21-18(22)19(5,6)12-20(21,7)8;4*1-2-4-5-3-1;;/h2*9-11,13-14H,12H2,1-8H3;4*1-4H2;;/q2*-1;;;;;2*+1. The Balaban J connectivity index is 0.000000453. The fraction of sp³-hybridized carbons (Fsp3) is 0.750. The second-order valence-corrected chi connectivity index (χ2v) is 23.4. The summed E-state index contributed by atoms with van der Waals surface area (Å²) >= 11 is 0. The van der Waals surface area contributed by atoms with Crippen molar-refractivity contribution >= 4 is 39.9 Å². The molecule has 0 radical (unpaired) electrons. The Morgan fingerprint density at radius 2 is 0.591 bits per heavy atom. The third-order valence-electron chi connectivity index (χ3n) is 13.0. The molecule has 6 nitrogen and oxygen atoms in total. The molecule has 6 heterocycles. The smallest absolute Gasteiger partial charge is 0.707 e.